The summed E-state index contributed by atoms with van der Waals surface area (Å²) in [6, 6.07) is 25.7. The first-order chi connectivity index (χ1) is 16.1. The Bertz CT molecular complexity index is 1060. The molecule has 0 spiro atoms. The summed E-state index contributed by atoms with van der Waals surface area (Å²) >= 11 is 6.00. The van der Waals surface area contributed by atoms with E-state index in [0.29, 0.717) is 31.1 Å². The molecule has 4 rings (SSSR count). The highest BCUT2D eigenvalue weighted by atomic mass is 35.5. The maximum atomic E-state index is 10.7. The van der Waals surface area contributed by atoms with Crippen LogP contribution < -0.4 is 4.74 Å². The van der Waals surface area contributed by atoms with Gasteiger partial charge >= 0.3 is 0 Å². The van der Waals surface area contributed by atoms with Crippen LogP contribution in [0.4, 0.5) is 0 Å². The van der Waals surface area contributed by atoms with Crippen LogP contribution >= 0.6 is 11.6 Å². The number of oxime groups is 1. The Hall–Kier alpha value is -2.86. The molecule has 0 aliphatic carbocycles. The summed E-state index contributed by atoms with van der Waals surface area (Å²) in [4.78, 5) is 7.95. The van der Waals surface area contributed by atoms with E-state index in [4.69, 9.17) is 21.2 Å². The second-order valence-corrected chi connectivity index (χ2v) is 8.82. The summed E-state index contributed by atoms with van der Waals surface area (Å²) in [6.45, 7) is 4.06. The van der Waals surface area contributed by atoms with Crippen molar-refractivity contribution in [1.29, 1.82) is 0 Å². The van der Waals surface area contributed by atoms with Crippen molar-refractivity contribution in [3.05, 3.63) is 101 Å². The van der Waals surface area contributed by atoms with E-state index >= 15 is 0 Å². The van der Waals surface area contributed by atoms with Crippen LogP contribution in [0.1, 0.15) is 23.1 Å². The van der Waals surface area contributed by atoms with Crippen molar-refractivity contribution in [2.24, 2.45) is 5.16 Å². The maximum absolute atomic E-state index is 10.7. The lowest BCUT2D eigenvalue weighted by atomic mass is 10.0. The molecule has 0 saturated heterocycles. The van der Waals surface area contributed by atoms with Crippen LogP contribution in [0.5, 0.6) is 5.75 Å². The number of benzene rings is 3. The van der Waals surface area contributed by atoms with Gasteiger partial charge in [-0.2, -0.15) is 0 Å². The molecule has 172 valence electrons. The first-order valence-corrected chi connectivity index (χ1v) is 11.6. The number of aliphatic hydroxyl groups is 1. The highest BCUT2D eigenvalue weighted by Crippen LogP contribution is 2.21. The molecule has 3 aromatic carbocycles. The lowest BCUT2D eigenvalue weighted by Crippen LogP contribution is -2.39. The van der Waals surface area contributed by atoms with Gasteiger partial charge in [0.05, 0.1) is 5.71 Å². The van der Waals surface area contributed by atoms with Crippen molar-refractivity contribution < 1.29 is 14.7 Å². The molecular weight excluding hydrogens is 436 g/mol. The predicted molar refractivity (Wildman–Crippen MR) is 132 cm³/mol. The Balaban J connectivity index is 1.36. The van der Waals surface area contributed by atoms with Gasteiger partial charge in [0.25, 0.3) is 0 Å². The fraction of sp³-hybridized carbons (Fsp3) is 0.296. The molecule has 33 heavy (non-hydrogen) atoms. The molecule has 6 heteroatoms. The summed E-state index contributed by atoms with van der Waals surface area (Å²) < 4.78 is 5.86. The number of hydrogen-bond acceptors (Lipinski definition) is 5. The van der Waals surface area contributed by atoms with Crippen LogP contribution in [0.15, 0.2) is 84.0 Å². The molecule has 0 unspecified atom stereocenters. The van der Waals surface area contributed by atoms with Crippen molar-refractivity contribution in [2.75, 3.05) is 19.7 Å². The van der Waals surface area contributed by atoms with Crippen molar-refractivity contribution in [3.63, 3.8) is 0 Å². The van der Waals surface area contributed by atoms with Gasteiger partial charge in [-0.3, -0.25) is 4.90 Å². The number of ether oxygens (including phenoxy) is 1. The molecular formula is C27H29ClN2O3. The molecule has 2 atom stereocenters. The minimum absolute atomic E-state index is 0.0797. The van der Waals surface area contributed by atoms with Gasteiger partial charge in [-0.05, 0) is 41.8 Å². The number of hydrogen-bond donors (Lipinski definition) is 1. The zero-order valence-electron chi connectivity index (χ0n) is 18.7. The average Bonchev–Trinajstić information content (AvgIpc) is 3.28. The van der Waals surface area contributed by atoms with Crippen LogP contribution in [0.25, 0.3) is 0 Å². The quantitative estimate of drug-likeness (QED) is 0.454. The molecule has 0 bridgehead atoms. The van der Waals surface area contributed by atoms with Gasteiger partial charge in [-0.25, -0.2) is 0 Å². The first kappa shape index (κ1) is 23.3. The Morgan fingerprint density at radius 1 is 1.06 bits per heavy atom. The molecule has 3 aromatic rings. The van der Waals surface area contributed by atoms with Gasteiger partial charge < -0.3 is 14.7 Å². The molecule has 0 amide bonds. The van der Waals surface area contributed by atoms with Crippen molar-refractivity contribution >= 4 is 17.3 Å². The summed E-state index contributed by atoms with van der Waals surface area (Å²) in [5.74, 6) is 0.797. The molecule has 0 aromatic heterocycles. The van der Waals surface area contributed by atoms with E-state index in [0.717, 1.165) is 22.6 Å². The van der Waals surface area contributed by atoms with Crippen molar-refractivity contribution in [3.8, 4) is 5.75 Å². The Morgan fingerprint density at radius 2 is 1.79 bits per heavy atom. The molecule has 1 aliphatic heterocycles. The normalized spacial score (nSPS) is 16.4. The largest absolute Gasteiger partial charge is 0.491 e. The third-order valence-electron chi connectivity index (χ3n) is 5.62. The second kappa shape index (κ2) is 11.3. The zero-order chi connectivity index (χ0) is 23.0. The molecule has 0 saturated carbocycles. The number of nitrogens with zero attached hydrogens (tertiary/aromatic N) is 2. The first-order valence-electron chi connectivity index (χ1n) is 11.2. The van der Waals surface area contributed by atoms with E-state index in [1.165, 1.54) is 5.56 Å². The Morgan fingerprint density at radius 3 is 2.55 bits per heavy atom. The number of halogens is 1. The Kier molecular flexibility index (Phi) is 8.00. The van der Waals surface area contributed by atoms with Gasteiger partial charge in [0.1, 0.15) is 24.6 Å². The minimum Gasteiger partial charge on any atom is -0.491 e. The van der Waals surface area contributed by atoms with E-state index in [1.807, 2.05) is 73.7 Å². The van der Waals surface area contributed by atoms with Crippen molar-refractivity contribution in [2.45, 2.75) is 32.1 Å². The van der Waals surface area contributed by atoms with Crippen LogP contribution in [0.2, 0.25) is 5.02 Å². The predicted octanol–water partition coefficient (Wildman–Crippen LogP) is 5.08. The van der Waals surface area contributed by atoms with Gasteiger partial charge in [0.2, 0.25) is 0 Å². The van der Waals surface area contributed by atoms with Gasteiger partial charge in [-0.15, -0.1) is 0 Å². The lowest BCUT2D eigenvalue weighted by Gasteiger charge is -2.27. The van der Waals surface area contributed by atoms with E-state index in [-0.39, 0.29) is 12.7 Å². The van der Waals surface area contributed by atoms with Crippen LogP contribution in [-0.2, 0) is 11.4 Å². The fourth-order valence-corrected chi connectivity index (χ4v) is 4.05. The smallest absolute Gasteiger partial charge is 0.145 e. The lowest BCUT2D eigenvalue weighted by molar-refractivity contribution is 0.0212. The van der Waals surface area contributed by atoms with Crippen molar-refractivity contribution in [1.82, 2.24) is 4.90 Å². The van der Waals surface area contributed by atoms with Crippen LogP contribution in [-0.4, -0.2) is 47.6 Å². The maximum Gasteiger partial charge on any atom is 0.145 e. The highest BCUT2D eigenvalue weighted by molar-refractivity contribution is 6.30. The standard InChI is InChI=1S/C27H29ClN2O3/c1-20-7-5-6-10-27(20)32-19-24(31)17-30(16-21-8-3-2-4-9-21)18-25-15-26(29-33-25)22-11-13-23(28)14-12-22/h2-14,24-25,31H,15-19H2,1H3/t24-,25-/m0/s1. The second-order valence-electron chi connectivity index (χ2n) is 8.39. The van der Waals surface area contributed by atoms with E-state index in [2.05, 4.69) is 22.2 Å². The number of para-hydroxylation sites is 1. The molecule has 0 fully saturated rings. The molecule has 0 radical (unpaired) electrons. The third-order valence-corrected chi connectivity index (χ3v) is 5.87. The Labute approximate surface area is 200 Å². The summed E-state index contributed by atoms with van der Waals surface area (Å²) in [6.07, 6.45) is -0.00169. The van der Waals surface area contributed by atoms with E-state index in [9.17, 15) is 5.11 Å². The zero-order valence-corrected chi connectivity index (χ0v) is 19.5. The topological polar surface area (TPSA) is 54.3 Å². The number of aliphatic hydroxyl groups excluding tert-OH is 1. The van der Waals surface area contributed by atoms with Gasteiger partial charge in [0, 0.05) is 31.1 Å². The van der Waals surface area contributed by atoms with E-state index in [1.54, 1.807) is 0 Å². The fourth-order valence-electron chi connectivity index (χ4n) is 3.93. The summed E-state index contributed by atoms with van der Waals surface area (Å²) in [7, 11) is 0. The molecule has 5 nitrogen and oxygen atoms in total. The van der Waals surface area contributed by atoms with Crippen LogP contribution in [0, 0.1) is 6.92 Å². The SMILES string of the molecule is Cc1ccccc1OC[C@@H](O)CN(Cc1ccccc1)C[C@@H]1CC(c2ccc(Cl)cc2)=NO1. The van der Waals surface area contributed by atoms with Crippen LogP contribution in [0.3, 0.4) is 0 Å². The van der Waals surface area contributed by atoms with Gasteiger partial charge in [-0.1, -0.05) is 77.4 Å². The molecule has 1 heterocycles. The monoisotopic (exact) mass is 464 g/mol. The summed E-state index contributed by atoms with van der Waals surface area (Å²) in [5, 5.41) is 15.7. The average molecular weight is 465 g/mol. The molecule has 1 aliphatic rings. The minimum atomic E-state index is -0.633. The molecule has 1 N–H and O–H groups in total. The third kappa shape index (κ3) is 6.81. The van der Waals surface area contributed by atoms with E-state index < -0.39 is 6.10 Å². The summed E-state index contributed by atoms with van der Waals surface area (Å²) in [5.41, 5.74) is 4.17. The van der Waals surface area contributed by atoms with Gasteiger partial charge in [0.15, 0.2) is 0 Å². The number of rotatable bonds is 10. The highest BCUT2D eigenvalue weighted by Gasteiger charge is 2.26. The number of aryl methyl sites for hydroxylation is 1.